The molecule has 1 fully saturated rings. The minimum atomic E-state index is -0.257. The van der Waals surface area contributed by atoms with E-state index in [4.69, 9.17) is 5.73 Å². The number of nitrogens with two attached hydrogens (primary N) is 1. The van der Waals surface area contributed by atoms with Crippen molar-refractivity contribution in [1.29, 1.82) is 0 Å². The second kappa shape index (κ2) is 7.32. The van der Waals surface area contributed by atoms with E-state index in [-0.39, 0.29) is 42.8 Å². The van der Waals surface area contributed by atoms with Crippen molar-refractivity contribution >= 4 is 29.2 Å². The molecule has 1 heterocycles. The summed E-state index contributed by atoms with van der Waals surface area (Å²) in [7, 11) is 1.87. The third kappa shape index (κ3) is 3.85. The Balaban J connectivity index is 0.00000192. The number of likely N-dealkylation sites (N-methyl/N-ethyl adjacent to an activating group) is 1. The van der Waals surface area contributed by atoms with Gasteiger partial charge in [0.2, 0.25) is 5.91 Å². The first-order valence-corrected chi connectivity index (χ1v) is 7.80. The van der Waals surface area contributed by atoms with Crippen LogP contribution in [0.25, 0.3) is 10.9 Å². The quantitative estimate of drug-likeness (QED) is 0.934. The van der Waals surface area contributed by atoms with Crippen LogP contribution in [0.2, 0.25) is 0 Å². The Morgan fingerprint density at radius 2 is 2.00 bits per heavy atom. The second-order valence-electron chi connectivity index (χ2n) is 6.22. The van der Waals surface area contributed by atoms with E-state index in [0.717, 1.165) is 36.6 Å². The van der Waals surface area contributed by atoms with Crippen LogP contribution in [0.3, 0.4) is 0 Å². The number of carbonyl (C=O) groups excluding carboxylic acids is 1. The van der Waals surface area contributed by atoms with Gasteiger partial charge in [0.25, 0.3) is 0 Å². The van der Waals surface area contributed by atoms with E-state index in [0.29, 0.717) is 0 Å². The van der Waals surface area contributed by atoms with Crippen LogP contribution in [0.5, 0.6) is 0 Å². The van der Waals surface area contributed by atoms with Gasteiger partial charge in [0.15, 0.2) is 0 Å². The van der Waals surface area contributed by atoms with Gasteiger partial charge in [0, 0.05) is 36.2 Å². The summed E-state index contributed by atoms with van der Waals surface area (Å²) in [6, 6.07) is 7.04. The summed E-state index contributed by atoms with van der Waals surface area (Å²) in [6.45, 7) is 0.286. The summed E-state index contributed by atoms with van der Waals surface area (Å²) in [4.78, 5) is 14.4. The van der Waals surface area contributed by atoms with E-state index < -0.39 is 0 Å². The Hall–Kier alpha value is -1.59. The van der Waals surface area contributed by atoms with E-state index in [1.807, 2.05) is 28.8 Å². The fourth-order valence-electron chi connectivity index (χ4n) is 3.26. The third-order valence-corrected chi connectivity index (χ3v) is 4.72. The molecular weight excluding hydrogens is 317 g/mol. The van der Waals surface area contributed by atoms with Gasteiger partial charge in [-0.25, -0.2) is 4.39 Å². The van der Waals surface area contributed by atoms with Crippen molar-refractivity contribution in [1.82, 2.24) is 9.47 Å². The maximum atomic E-state index is 13.2. The predicted octanol–water partition coefficient (Wildman–Crippen LogP) is 2.93. The Labute approximate surface area is 141 Å². The van der Waals surface area contributed by atoms with E-state index >= 15 is 0 Å². The minimum absolute atomic E-state index is 0. The molecule has 126 valence electrons. The van der Waals surface area contributed by atoms with Crippen LogP contribution in [0, 0.1) is 5.82 Å². The summed E-state index contributed by atoms with van der Waals surface area (Å²) in [6.07, 6.45) is 5.75. The summed E-state index contributed by atoms with van der Waals surface area (Å²) in [5, 5.41) is 0.819. The molecule has 2 N–H and O–H groups in total. The van der Waals surface area contributed by atoms with Gasteiger partial charge < -0.3 is 15.2 Å². The van der Waals surface area contributed by atoms with Crippen molar-refractivity contribution in [2.24, 2.45) is 5.73 Å². The van der Waals surface area contributed by atoms with Crippen LogP contribution in [-0.2, 0) is 11.3 Å². The number of aromatic nitrogens is 1. The highest BCUT2D eigenvalue weighted by Crippen LogP contribution is 2.22. The van der Waals surface area contributed by atoms with Gasteiger partial charge in [0.05, 0.1) is 0 Å². The molecule has 2 aromatic rings. The lowest BCUT2D eigenvalue weighted by atomic mass is 9.91. The Kier molecular flexibility index (Phi) is 5.65. The normalized spacial score (nSPS) is 21.0. The molecule has 1 aromatic carbocycles. The van der Waals surface area contributed by atoms with Gasteiger partial charge in [-0.2, -0.15) is 0 Å². The molecular formula is C17H23ClFN3O. The van der Waals surface area contributed by atoms with Crippen molar-refractivity contribution < 1.29 is 9.18 Å². The molecule has 0 radical (unpaired) electrons. The first kappa shape index (κ1) is 17.8. The fraction of sp³-hybridized carbons (Fsp3) is 0.471. The predicted molar refractivity (Wildman–Crippen MR) is 92.1 cm³/mol. The minimum Gasteiger partial charge on any atom is -0.341 e. The SMILES string of the molecule is CN(C(=O)Cn1ccc2cc(F)ccc21)C1CCC(N)CC1.Cl. The standard InChI is InChI=1S/C17H22FN3O.ClH/c1-20(15-5-3-14(19)4-6-15)17(22)11-21-9-8-12-10-13(18)2-7-16(12)21;/h2,7-10,14-15H,3-6,11,19H2,1H3;1H. The molecule has 23 heavy (non-hydrogen) atoms. The maximum absolute atomic E-state index is 13.2. The van der Waals surface area contributed by atoms with Gasteiger partial charge >= 0.3 is 0 Å². The molecule has 1 aliphatic rings. The zero-order valence-corrected chi connectivity index (χ0v) is 14.1. The van der Waals surface area contributed by atoms with E-state index in [9.17, 15) is 9.18 Å². The molecule has 6 heteroatoms. The Morgan fingerprint density at radius 3 is 2.70 bits per heavy atom. The molecule has 0 saturated heterocycles. The number of nitrogens with zero attached hydrogens (tertiary/aromatic N) is 2. The fourth-order valence-corrected chi connectivity index (χ4v) is 3.26. The van der Waals surface area contributed by atoms with Crippen LogP contribution in [0.4, 0.5) is 4.39 Å². The number of carbonyl (C=O) groups is 1. The summed E-state index contributed by atoms with van der Waals surface area (Å²) >= 11 is 0. The average Bonchev–Trinajstić information content (AvgIpc) is 2.89. The van der Waals surface area contributed by atoms with Crippen molar-refractivity contribution in [2.75, 3.05) is 7.05 Å². The van der Waals surface area contributed by atoms with Gasteiger partial charge in [0.1, 0.15) is 12.4 Å². The second-order valence-corrected chi connectivity index (χ2v) is 6.22. The number of benzene rings is 1. The monoisotopic (exact) mass is 339 g/mol. The summed E-state index contributed by atoms with van der Waals surface area (Å²) < 4.78 is 15.1. The van der Waals surface area contributed by atoms with Crippen LogP contribution in [0.15, 0.2) is 30.5 Å². The largest absolute Gasteiger partial charge is 0.341 e. The highest BCUT2D eigenvalue weighted by atomic mass is 35.5. The van der Waals surface area contributed by atoms with E-state index in [2.05, 4.69) is 0 Å². The Bertz CT molecular complexity index is 680. The van der Waals surface area contributed by atoms with Gasteiger partial charge in [-0.05, 0) is 49.9 Å². The molecule has 0 spiro atoms. The summed E-state index contributed by atoms with van der Waals surface area (Å²) in [5.74, 6) is -0.172. The Morgan fingerprint density at radius 1 is 1.30 bits per heavy atom. The number of halogens is 2. The topological polar surface area (TPSA) is 51.3 Å². The van der Waals surface area contributed by atoms with Crippen molar-refractivity contribution in [3.63, 3.8) is 0 Å². The van der Waals surface area contributed by atoms with Gasteiger partial charge in [-0.3, -0.25) is 4.79 Å². The first-order chi connectivity index (χ1) is 10.5. The van der Waals surface area contributed by atoms with E-state index in [1.54, 1.807) is 6.07 Å². The number of hydrogen-bond acceptors (Lipinski definition) is 2. The number of hydrogen-bond donors (Lipinski definition) is 1. The van der Waals surface area contributed by atoms with Crippen molar-refractivity contribution in [2.45, 2.75) is 44.3 Å². The van der Waals surface area contributed by atoms with Gasteiger partial charge in [-0.1, -0.05) is 0 Å². The van der Waals surface area contributed by atoms with Gasteiger partial charge in [-0.15, -0.1) is 12.4 Å². The molecule has 4 nitrogen and oxygen atoms in total. The highest BCUT2D eigenvalue weighted by Gasteiger charge is 2.25. The zero-order chi connectivity index (χ0) is 15.7. The number of rotatable bonds is 3. The third-order valence-electron chi connectivity index (χ3n) is 4.72. The molecule has 0 unspecified atom stereocenters. The first-order valence-electron chi connectivity index (χ1n) is 7.80. The van der Waals surface area contributed by atoms with Crippen LogP contribution < -0.4 is 5.73 Å². The van der Waals surface area contributed by atoms with Crippen LogP contribution in [-0.4, -0.2) is 34.5 Å². The molecule has 0 aliphatic heterocycles. The lowest BCUT2D eigenvalue weighted by molar-refractivity contribution is -0.133. The zero-order valence-electron chi connectivity index (χ0n) is 13.2. The lowest BCUT2D eigenvalue weighted by Crippen LogP contribution is -2.43. The molecule has 1 saturated carbocycles. The summed E-state index contributed by atoms with van der Waals surface area (Å²) in [5.41, 5.74) is 6.80. The average molecular weight is 340 g/mol. The van der Waals surface area contributed by atoms with Crippen molar-refractivity contribution in [3.05, 3.63) is 36.3 Å². The van der Waals surface area contributed by atoms with Crippen molar-refractivity contribution in [3.8, 4) is 0 Å². The van der Waals surface area contributed by atoms with Crippen LogP contribution in [0.1, 0.15) is 25.7 Å². The molecule has 1 aliphatic carbocycles. The highest BCUT2D eigenvalue weighted by molar-refractivity contribution is 5.85. The lowest BCUT2D eigenvalue weighted by Gasteiger charge is -2.33. The molecule has 0 atom stereocenters. The molecule has 0 bridgehead atoms. The molecule has 1 aromatic heterocycles. The maximum Gasteiger partial charge on any atom is 0.242 e. The van der Waals surface area contributed by atoms with E-state index in [1.165, 1.54) is 12.1 Å². The number of amides is 1. The molecule has 3 rings (SSSR count). The molecule has 1 amide bonds. The van der Waals surface area contributed by atoms with Crippen LogP contribution >= 0.6 is 12.4 Å². The number of fused-ring (bicyclic) bond motifs is 1. The smallest absolute Gasteiger partial charge is 0.242 e.